The maximum absolute atomic E-state index is 10.2. The standard InChI is InChI=1S/C3H3NOS2.Rb/c5-2-1-4-3(6)7-2;/h1H2,(H,4,6);/q;+1/p-1. The Balaban J connectivity index is 0.000000490. The van der Waals surface area contributed by atoms with Crippen LogP contribution in [-0.4, -0.2) is 16.0 Å². The molecule has 1 aliphatic heterocycles. The fraction of sp³-hybridized carbons (Fsp3) is 0.333. The van der Waals surface area contributed by atoms with Gasteiger partial charge in [-0.1, -0.05) is 30.5 Å². The molecule has 5 heteroatoms. The first-order valence-electron chi connectivity index (χ1n) is 1.71. The predicted molar refractivity (Wildman–Crippen MR) is 33.4 cm³/mol. The van der Waals surface area contributed by atoms with Gasteiger partial charge in [0.15, 0.2) is 5.12 Å². The van der Waals surface area contributed by atoms with Gasteiger partial charge in [0.1, 0.15) is 0 Å². The van der Waals surface area contributed by atoms with Crippen molar-refractivity contribution >= 4 is 33.4 Å². The quantitative estimate of drug-likeness (QED) is 0.437. The number of thioether (sulfide) groups is 1. The van der Waals surface area contributed by atoms with Gasteiger partial charge in [0.2, 0.25) is 0 Å². The first-order valence-corrected chi connectivity index (χ1v) is 2.93. The summed E-state index contributed by atoms with van der Waals surface area (Å²) in [7, 11) is 0. The van der Waals surface area contributed by atoms with Crippen LogP contribution in [0.15, 0.2) is 0 Å². The van der Waals surface area contributed by atoms with Gasteiger partial charge in [0.25, 0.3) is 0 Å². The summed E-state index contributed by atoms with van der Waals surface area (Å²) in [5, 5.41) is 3.72. The Labute approximate surface area is 106 Å². The SMILES string of the molecule is O=C1C[N-]C(=S)S1.[Rb+]. The fourth-order valence-electron chi connectivity index (χ4n) is 0.291. The molecular formula is C3H2NORbS2. The van der Waals surface area contributed by atoms with E-state index in [1.807, 2.05) is 0 Å². The number of hydrogen-bond acceptors (Lipinski definition) is 3. The molecular weight excluding hydrogens is 216 g/mol. The van der Waals surface area contributed by atoms with Gasteiger partial charge >= 0.3 is 58.2 Å². The molecule has 1 aliphatic rings. The molecule has 1 fully saturated rings. The van der Waals surface area contributed by atoms with Crippen molar-refractivity contribution in [2.45, 2.75) is 0 Å². The summed E-state index contributed by atoms with van der Waals surface area (Å²) in [5.74, 6) is 0. The van der Waals surface area contributed by atoms with E-state index in [1.165, 1.54) is 0 Å². The van der Waals surface area contributed by atoms with Gasteiger partial charge in [-0.25, -0.2) is 0 Å². The van der Waals surface area contributed by atoms with Crippen LogP contribution in [-0.2, 0) is 4.79 Å². The summed E-state index contributed by atoms with van der Waals surface area (Å²) in [4.78, 5) is 10.2. The largest absolute Gasteiger partial charge is 1.00 e. The summed E-state index contributed by atoms with van der Waals surface area (Å²) in [6.07, 6.45) is 0. The van der Waals surface area contributed by atoms with Crippen molar-refractivity contribution < 1.29 is 63.0 Å². The third-order valence-corrected chi connectivity index (χ3v) is 1.58. The maximum atomic E-state index is 10.2. The van der Waals surface area contributed by atoms with Gasteiger partial charge in [-0.3, -0.25) is 4.79 Å². The van der Waals surface area contributed by atoms with Crippen LogP contribution in [0.4, 0.5) is 0 Å². The molecule has 1 rings (SSSR count). The van der Waals surface area contributed by atoms with Crippen molar-refractivity contribution in [2.75, 3.05) is 6.54 Å². The van der Waals surface area contributed by atoms with E-state index in [2.05, 4.69) is 17.5 Å². The van der Waals surface area contributed by atoms with Crippen molar-refractivity contribution in [3.05, 3.63) is 5.32 Å². The Morgan fingerprint density at radius 3 is 2.50 bits per heavy atom. The van der Waals surface area contributed by atoms with Crippen LogP contribution < -0.4 is 58.2 Å². The molecule has 1 heterocycles. The second kappa shape index (κ2) is 4.52. The average Bonchev–Trinajstić information content (AvgIpc) is 1.87. The van der Waals surface area contributed by atoms with Crippen molar-refractivity contribution in [1.29, 1.82) is 0 Å². The molecule has 0 aliphatic carbocycles. The zero-order chi connectivity index (χ0) is 5.28. The van der Waals surface area contributed by atoms with E-state index in [4.69, 9.17) is 0 Å². The Hall–Kier alpha value is 1.72. The maximum Gasteiger partial charge on any atom is 1.00 e. The van der Waals surface area contributed by atoms with E-state index in [-0.39, 0.29) is 69.8 Å². The van der Waals surface area contributed by atoms with Gasteiger partial charge < -0.3 is 5.32 Å². The molecule has 0 aromatic rings. The summed E-state index contributed by atoms with van der Waals surface area (Å²) in [5.41, 5.74) is 0. The van der Waals surface area contributed by atoms with Gasteiger partial charge in [0.05, 0.1) is 0 Å². The first kappa shape index (κ1) is 9.72. The van der Waals surface area contributed by atoms with Crippen LogP contribution >= 0.6 is 24.0 Å². The topological polar surface area (TPSA) is 31.2 Å². The normalized spacial score (nSPS) is 17.5. The molecule has 0 aromatic heterocycles. The fourth-order valence-corrected chi connectivity index (χ4v) is 1.09. The number of hydrogen-bond donors (Lipinski definition) is 0. The average molecular weight is 218 g/mol. The molecule has 0 spiro atoms. The van der Waals surface area contributed by atoms with E-state index < -0.39 is 0 Å². The molecule has 0 aromatic carbocycles. The number of rotatable bonds is 0. The number of thiocarbonyl (C=S) groups is 1. The second-order valence-electron chi connectivity index (χ2n) is 1.06. The summed E-state index contributed by atoms with van der Waals surface area (Å²) >= 11 is 5.62. The van der Waals surface area contributed by atoms with Gasteiger partial charge in [-0.15, -0.1) is 0 Å². The van der Waals surface area contributed by atoms with Gasteiger partial charge in [-0.05, 0) is 4.32 Å². The minimum Gasteiger partial charge on any atom is -0.662 e. The predicted octanol–water partition coefficient (Wildman–Crippen LogP) is -2.08. The Morgan fingerprint density at radius 2 is 2.38 bits per heavy atom. The van der Waals surface area contributed by atoms with Crippen molar-refractivity contribution in [1.82, 2.24) is 0 Å². The third-order valence-electron chi connectivity index (χ3n) is 0.538. The van der Waals surface area contributed by atoms with Crippen molar-refractivity contribution in [3.8, 4) is 0 Å². The minimum atomic E-state index is 0. The number of carbonyl (C=O) groups is 1. The zero-order valence-electron chi connectivity index (χ0n) is 4.38. The van der Waals surface area contributed by atoms with Gasteiger partial charge in [-0.2, -0.15) is 0 Å². The molecule has 38 valence electrons. The Bertz CT molecular complexity index is 112. The molecule has 0 radical (unpaired) electrons. The van der Waals surface area contributed by atoms with E-state index in [0.29, 0.717) is 4.32 Å². The molecule has 0 saturated carbocycles. The number of carbonyl (C=O) groups excluding carboxylic acids is 1. The van der Waals surface area contributed by atoms with E-state index >= 15 is 0 Å². The van der Waals surface area contributed by atoms with Crippen LogP contribution in [0.3, 0.4) is 0 Å². The van der Waals surface area contributed by atoms with Crippen LogP contribution in [0.25, 0.3) is 5.32 Å². The molecule has 0 N–H and O–H groups in total. The summed E-state index contributed by atoms with van der Waals surface area (Å²) < 4.78 is 0.477. The molecule has 8 heavy (non-hydrogen) atoms. The molecule has 1 saturated heterocycles. The molecule has 0 amide bonds. The molecule has 2 nitrogen and oxygen atoms in total. The van der Waals surface area contributed by atoms with Gasteiger partial charge in [0, 0.05) is 0 Å². The van der Waals surface area contributed by atoms with E-state index in [9.17, 15) is 4.79 Å². The van der Waals surface area contributed by atoms with Crippen LogP contribution in [0.1, 0.15) is 0 Å². The van der Waals surface area contributed by atoms with Crippen molar-refractivity contribution in [2.24, 2.45) is 0 Å². The molecule has 0 bridgehead atoms. The molecule has 0 unspecified atom stereocenters. The minimum absolute atomic E-state index is 0. The summed E-state index contributed by atoms with van der Waals surface area (Å²) in [6.45, 7) is 0.281. The smallest absolute Gasteiger partial charge is 0.662 e. The van der Waals surface area contributed by atoms with E-state index in [0.717, 1.165) is 11.8 Å². The number of nitrogens with zero attached hydrogens (tertiary/aromatic N) is 1. The van der Waals surface area contributed by atoms with Crippen LogP contribution in [0, 0.1) is 0 Å². The monoisotopic (exact) mass is 217 g/mol. The van der Waals surface area contributed by atoms with Crippen LogP contribution in [0.5, 0.6) is 0 Å². The Kier molecular flexibility index (Phi) is 5.49. The molecule has 0 atom stereocenters. The third kappa shape index (κ3) is 3.03. The summed E-state index contributed by atoms with van der Waals surface area (Å²) in [6, 6.07) is 0. The van der Waals surface area contributed by atoms with Crippen LogP contribution in [0.2, 0.25) is 0 Å². The zero-order valence-corrected chi connectivity index (χ0v) is 10.9. The van der Waals surface area contributed by atoms with Crippen molar-refractivity contribution in [3.63, 3.8) is 0 Å². The second-order valence-corrected chi connectivity index (χ2v) is 2.75. The van der Waals surface area contributed by atoms with E-state index in [1.54, 1.807) is 0 Å². The first-order chi connectivity index (χ1) is 3.29. The Morgan fingerprint density at radius 1 is 1.75 bits per heavy atom.